The second-order valence-electron chi connectivity index (χ2n) is 7.28. The molecule has 0 fully saturated rings. The van der Waals surface area contributed by atoms with E-state index in [0.29, 0.717) is 6.07 Å². The predicted molar refractivity (Wildman–Crippen MR) is 105 cm³/mol. The summed E-state index contributed by atoms with van der Waals surface area (Å²) in [5.74, 6) is -2.61. The fourth-order valence-corrected chi connectivity index (χ4v) is 2.29. The van der Waals surface area contributed by atoms with Crippen molar-refractivity contribution in [2.45, 2.75) is 38.6 Å². The van der Waals surface area contributed by atoms with Gasteiger partial charge in [0.15, 0.2) is 11.6 Å². The Hall–Kier alpha value is -2.92. The van der Waals surface area contributed by atoms with Crippen LogP contribution in [0.1, 0.15) is 31.1 Å². The SMILES string of the molecule is CC(CO)Nc1cc(Nc2ncc(F)cc2F)ncc1C(=O)NCC(F)C(C)(C)O. The Morgan fingerprint density at radius 1 is 1.23 bits per heavy atom. The lowest BCUT2D eigenvalue weighted by Crippen LogP contribution is -2.42. The van der Waals surface area contributed by atoms with Gasteiger partial charge in [0.1, 0.15) is 17.8 Å². The van der Waals surface area contributed by atoms with E-state index in [-0.39, 0.29) is 29.5 Å². The van der Waals surface area contributed by atoms with Gasteiger partial charge >= 0.3 is 0 Å². The molecule has 8 nitrogen and oxygen atoms in total. The third-order valence-electron chi connectivity index (χ3n) is 4.09. The molecule has 30 heavy (non-hydrogen) atoms. The number of anilines is 3. The van der Waals surface area contributed by atoms with Gasteiger partial charge in [0.2, 0.25) is 0 Å². The second-order valence-corrected chi connectivity index (χ2v) is 7.28. The van der Waals surface area contributed by atoms with E-state index >= 15 is 0 Å². The maximum Gasteiger partial charge on any atom is 0.255 e. The molecule has 0 aliphatic heterocycles. The fourth-order valence-electron chi connectivity index (χ4n) is 2.29. The standard InChI is InChI=1S/C19H24F3N5O3/c1-10(9-28)26-14-5-16(27-17-13(21)4-11(20)6-24-17)23-7-12(14)18(29)25-8-15(22)19(2,3)30/h4-7,10,15,28,30H,8-9H2,1-3H3,(H,25,29)(H2,23,24,26,27). The zero-order valence-electron chi connectivity index (χ0n) is 16.7. The molecular weight excluding hydrogens is 403 g/mol. The molecule has 1 amide bonds. The minimum absolute atomic E-state index is 0.0383. The number of nitrogens with one attached hydrogen (secondary N) is 3. The first-order chi connectivity index (χ1) is 14.0. The van der Waals surface area contributed by atoms with E-state index in [4.69, 9.17) is 0 Å². The van der Waals surface area contributed by atoms with Gasteiger partial charge in [-0.3, -0.25) is 4.79 Å². The summed E-state index contributed by atoms with van der Waals surface area (Å²) in [4.78, 5) is 20.1. The molecule has 2 unspecified atom stereocenters. The number of aromatic nitrogens is 2. The Morgan fingerprint density at radius 3 is 2.53 bits per heavy atom. The van der Waals surface area contributed by atoms with Crippen LogP contribution in [0.3, 0.4) is 0 Å². The molecule has 11 heteroatoms. The van der Waals surface area contributed by atoms with Crippen molar-refractivity contribution in [1.29, 1.82) is 0 Å². The molecule has 5 N–H and O–H groups in total. The highest BCUT2D eigenvalue weighted by atomic mass is 19.1. The first-order valence-electron chi connectivity index (χ1n) is 9.11. The normalized spacial score (nSPS) is 13.5. The highest BCUT2D eigenvalue weighted by Gasteiger charge is 2.27. The lowest BCUT2D eigenvalue weighted by molar-refractivity contribution is -0.00177. The molecule has 2 rings (SSSR count). The lowest BCUT2D eigenvalue weighted by atomic mass is 10.0. The monoisotopic (exact) mass is 427 g/mol. The molecule has 0 saturated carbocycles. The summed E-state index contributed by atoms with van der Waals surface area (Å²) < 4.78 is 40.7. The Bertz CT molecular complexity index is 892. The number of alkyl halides is 1. The number of hydrogen-bond donors (Lipinski definition) is 5. The van der Waals surface area contributed by atoms with Gasteiger partial charge in [0.25, 0.3) is 5.91 Å². The van der Waals surface area contributed by atoms with E-state index in [1.165, 1.54) is 26.1 Å². The molecule has 164 valence electrons. The molecule has 0 bridgehead atoms. The summed E-state index contributed by atoms with van der Waals surface area (Å²) in [6, 6.07) is 1.58. The van der Waals surface area contributed by atoms with Crippen LogP contribution in [0.25, 0.3) is 0 Å². The van der Waals surface area contributed by atoms with Crippen molar-refractivity contribution in [3.8, 4) is 0 Å². The van der Waals surface area contributed by atoms with Crippen LogP contribution in [0.5, 0.6) is 0 Å². The minimum Gasteiger partial charge on any atom is -0.394 e. The van der Waals surface area contributed by atoms with Crippen LogP contribution < -0.4 is 16.0 Å². The van der Waals surface area contributed by atoms with Gasteiger partial charge in [0.05, 0.1) is 36.2 Å². The number of nitrogens with zero attached hydrogens (tertiary/aromatic N) is 2. The van der Waals surface area contributed by atoms with Crippen LogP contribution in [-0.2, 0) is 0 Å². The number of halogens is 3. The second kappa shape index (κ2) is 9.72. The molecule has 2 aromatic rings. The zero-order chi connectivity index (χ0) is 22.5. The molecule has 0 aromatic carbocycles. The molecule has 0 spiro atoms. The molecule has 0 radical (unpaired) electrons. The van der Waals surface area contributed by atoms with Crippen molar-refractivity contribution in [2.24, 2.45) is 0 Å². The van der Waals surface area contributed by atoms with E-state index in [1.807, 2.05) is 0 Å². The van der Waals surface area contributed by atoms with Crippen molar-refractivity contribution < 1.29 is 28.2 Å². The summed E-state index contributed by atoms with van der Waals surface area (Å²) >= 11 is 0. The van der Waals surface area contributed by atoms with Crippen molar-refractivity contribution in [3.63, 3.8) is 0 Å². The van der Waals surface area contributed by atoms with Gasteiger partial charge in [-0.2, -0.15) is 0 Å². The van der Waals surface area contributed by atoms with Crippen molar-refractivity contribution in [2.75, 3.05) is 23.8 Å². The van der Waals surface area contributed by atoms with Gasteiger partial charge in [-0.05, 0) is 20.8 Å². The smallest absolute Gasteiger partial charge is 0.255 e. The van der Waals surface area contributed by atoms with E-state index in [1.54, 1.807) is 6.92 Å². The number of carbonyl (C=O) groups is 1. The maximum atomic E-state index is 13.9. The predicted octanol–water partition coefficient (Wildman–Crippen LogP) is 2.13. The summed E-state index contributed by atoms with van der Waals surface area (Å²) in [6.45, 7) is 3.55. The Labute approximate surface area is 171 Å². The minimum atomic E-state index is -1.70. The van der Waals surface area contributed by atoms with E-state index < -0.39 is 41.9 Å². The largest absolute Gasteiger partial charge is 0.394 e. The third kappa shape index (κ3) is 6.29. The average Bonchev–Trinajstić information content (AvgIpc) is 2.67. The van der Waals surface area contributed by atoms with Gasteiger partial charge < -0.3 is 26.2 Å². The number of rotatable bonds is 9. The third-order valence-corrected chi connectivity index (χ3v) is 4.09. The van der Waals surface area contributed by atoms with Crippen LogP contribution >= 0.6 is 0 Å². The summed E-state index contributed by atoms with van der Waals surface area (Å²) in [5.41, 5.74) is -1.36. The zero-order valence-corrected chi connectivity index (χ0v) is 16.7. The van der Waals surface area contributed by atoms with Crippen LogP contribution in [0.15, 0.2) is 24.5 Å². The van der Waals surface area contributed by atoms with Crippen LogP contribution in [0, 0.1) is 11.6 Å². The number of aliphatic hydroxyl groups excluding tert-OH is 1. The summed E-state index contributed by atoms with van der Waals surface area (Å²) in [7, 11) is 0. The maximum absolute atomic E-state index is 13.9. The first-order valence-corrected chi connectivity index (χ1v) is 9.11. The number of hydrogen-bond acceptors (Lipinski definition) is 7. The van der Waals surface area contributed by atoms with Crippen LogP contribution in [0.4, 0.5) is 30.5 Å². The number of amides is 1. The van der Waals surface area contributed by atoms with Crippen molar-refractivity contribution in [1.82, 2.24) is 15.3 Å². The van der Waals surface area contributed by atoms with E-state index in [2.05, 4.69) is 25.9 Å². The molecule has 0 saturated heterocycles. The first kappa shape index (κ1) is 23.4. The van der Waals surface area contributed by atoms with Gasteiger partial charge in [-0.15, -0.1) is 0 Å². The number of pyridine rings is 2. The summed E-state index contributed by atoms with van der Waals surface area (Å²) in [5, 5.41) is 26.8. The fraction of sp³-hybridized carbons (Fsp3) is 0.421. The topological polar surface area (TPSA) is 119 Å². The average molecular weight is 427 g/mol. The van der Waals surface area contributed by atoms with E-state index in [9.17, 15) is 28.2 Å². The molecular formula is C19H24F3N5O3. The van der Waals surface area contributed by atoms with E-state index in [0.717, 1.165) is 6.20 Å². The lowest BCUT2D eigenvalue weighted by Gasteiger charge is -2.23. The quantitative estimate of drug-likeness (QED) is 0.416. The van der Waals surface area contributed by atoms with Crippen LogP contribution in [-0.4, -0.2) is 57.1 Å². The molecule has 0 aliphatic rings. The van der Waals surface area contributed by atoms with Crippen LogP contribution in [0.2, 0.25) is 0 Å². The molecule has 0 aliphatic carbocycles. The molecule has 2 aromatic heterocycles. The Balaban J connectivity index is 2.25. The molecule has 2 atom stereocenters. The number of carbonyl (C=O) groups excluding carboxylic acids is 1. The Kier molecular flexibility index (Phi) is 7.57. The number of aliphatic hydroxyl groups is 2. The van der Waals surface area contributed by atoms with Crippen molar-refractivity contribution >= 4 is 23.2 Å². The van der Waals surface area contributed by atoms with Gasteiger partial charge in [0, 0.05) is 24.4 Å². The van der Waals surface area contributed by atoms with Crippen molar-refractivity contribution in [3.05, 3.63) is 41.7 Å². The highest BCUT2D eigenvalue weighted by Crippen LogP contribution is 2.23. The highest BCUT2D eigenvalue weighted by molar-refractivity contribution is 5.99. The van der Waals surface area contributed by atoms with Gasteiger partial charge in [-0.1, -0.05) is 0 Å². The molecule has 2 heterocycles. The Morgan fingerprint density at radius 2 is 1.93 bits per heavy atom. The summed E-state index contributed by atoms with van der Waals surface area (Å²) in [6.07, 6.45) is 0.301. The van der Waals surface area contributed by atoms with Gasteiger partial charge in [-0.25, -0.2) is 23.1 Å².